The van der Waals surface area contributed by atoms with Crippen molar-refractivity contribution in [2.24, 2.45) is 0 Å². The molecule has 0 saturated carbocycles. The largest absolute Gasteiger partial charge is 0.0616 e. The van der Waals surface area contributed by atoms with Crippen LogP contribution in [0.1, 0.15) is 0 Å². The van der Waals surface area contributed by atoms with Crippen LogP contribution in [0.25, 0.3) is 109 Å². The molecule has 0 heteroatoms. The summed E-state index contributed by atoms with van der Waals surface area (Å²) in [7, 11) is 0. The molecule has 0 N–H and O–H groups in total. The molecule has 0 aliphatic carbocycles. The van der Waals surface area contributed by atoms with Crippen molar-refractivity contribution in [1.82, 2.24) is 0 Å². The van der Waals surface area contributed by atoms with E-state index in [0.717, 1.165) is 0 Å². The number of fused-ring (bicyclic) bond motifs is 11. The predicted molar refractivity (Wildman–Crippen MR) is 225 cm³/mol. The Morgan fingerprint density at radius 1 is 0.192 bits per heavy atom. The normalized spacial score (nSPS) is 11.8. The van der Waals surface area contributed by atoms with Gasteiger partial charge in [0.15, 0.2) is 0 Å². The third kappa shape index (κ3) is 4.48. The lowest BCUT2D eigenvalue weighted by molar-refractivity contribution is 1.62. The van der Waals surface area contributed by atoms with E-state index in [1.807, 2.05) is 0 Å². The second-order valence-corrected chi connectivity index (χ2v) is 14.1. The van der Waals surface area contributed by atoms with Gasteiger partial charge in [0.05, 0.1) is 0 Å². The van der Waals surface area contributed by atoms with Crippen molar-refractivity contribution in [3.8, 4) is 33.4 Å². The second kappa shape index (κ2) is 11.4. The molecule has 0 radical (unpaired) electrons. The second-order valence-electron chi connectivity index (χ2n) is 14.1. The van der Waals surface area contributed by atoms with Crippen molar-refractivity contribution in [2.45, 2.75) is 0 Å². The summed E-state index contributed by atoms with van der Waals surface area (Å²) in [6, 6.07) is 71.9. The van der Waals surface area contributed by atoms with E-state index in [1.54, 1.807) is 0 Å². The molecule has 11 rings (SSSR count). The van der Waals surface area contributed by atoms with Gasteiger partial charge in [-0.3, -0.25) is 0 Å². The predicted octanol–water partition coefficient (Wildman–Crippen LogP) is 14.8. The molecule has 0 unspecified atom stereocenters. The standard InChI is InChI=1S/C52H32/c1-3-11-43-35(9-1)23-27-40-31-49(45-13-5-7-15-47(45)51(40)43)37-21-17-33(18-22-37)38-25-19-34-20-26-39(30-42(34)29-38)50-32-41-28-24-36-10-2-4-12-44(36)52(41)48-16-8-6-14-46(48)50/h1-32H. The molecule has 0 spiro atoms. The molecule has 0 fully saturated rings. The maximum atomic E-state index is 2.38. The van der Waals surface area contributed by atoms with Gasteiger partial charge in [-0.05, 0) is 133 Å². The first-order valence-corrected chi connectivity index (χ1v) is 18.1. The third-order valence-electron chi connectivity index (χ3n) is 11.2. The van der Waals surface area contributed by atoms with Crippen molar-refractivity contribution >= 4 is 75.4 Å². The van der Waals surface area contributed by atoms with Crippen molar-refractivity contribution in [1.29, 1.82) is 0 Å². The Balaban J connectivity index is 1.01. The van der Waals surface area contributed by atoms with E-state index in [9.17, 15) is 0 Å². The average molecular weight is 657 g/mol. The molecule has 0 aromatic heterocycles. The van der Waals surface area contributed by atoms with Gasteiger partial charge in [0.1, 0.15) is 0 Å². The maximum Gasteiger partial charge on any atom is -0.00264 e. The fraction of sp³-hybridized carbons (Fsp3) is 0. The fourth-order valence-corrected chi connectivity index (χ4v) is 8.67. The quantitative estimate of drug-likeness (QED) is 0.166. The SMILES string of the molecule is c1ccc2c(c1)ccc1cc(-c3ccc(-c4ccc5ccc(-c6cc7ccc8ccccc8c7c7ccccc67)cc5c4)cc3)c3ccccc3c12. The molecule has 0 atom stereocenters. The Bertz CT molecular complexity index is 3220. The van der Waals surface area contributed by atoms with E-state index in [0.29, 0.717) is 0 Å². The maximum absolute atomic E-state index is 2.38. The summed E-state index contributed by atoms with van der Waals surface area (Å²) < 4.78 is 0. The summed E-state index contributed by atoms with van der Waals surface area (Å²) in [6.07, 6.45) is 0. The molecule has 0 nitrogen and oxygen atoms in total. The first-order valence-electron chi connectivity index (χ1n) is 18.1. The number of hydrogen-bond acceptors (Lipinski definition) is 0. The monoisotopic (exact) mass is 656 g/mol. The van der Waals surface area contributed by atoms with E-state index >= 15 is 0 Å². The summed E-state index contributed by atoms with van der Waals surface area (Å²) >= 11 is 0. The Morgan fingerprint density at radius 3 is 1.15 bits per heavy atom. The van der Waals surface area contributed by atoms with Gasteiger partial charge in [0.25, 0.3) is 0 Å². The van der Waals surface area contributed by atoms with Crippen LogP contribution in [-0.2, 0) is 0 Å². The summed E-state index contributed by atoms with van der Waals surface area (Å²) in [5, 5.41) is 18.0. The van der Waals surface area contributed by atoms with Crippen LogP contribution >= 0.6 is 0 Å². The Hall–Kier alpha value is -6.76. The molecule has 0 saturated heterocycles. The van der Waals surface area contributed by atoms with Gasteiger partial charge in [0, 0.05) is 0 Å². The summed E-state index contributed by atoms with van der Waals surface area (Å²) in [5.74, 6) is 0. The molecule has 240 valence electrons. The molecule has 0 bridgehead atoms. The molecule has 11 aromatic carbocycles. The lowest BCUT2D eigenvalue weighted by atomic mass is 9.89. The minimum Gasteiger partial charge on any atom is -0.0616 e. The highest BCUT2D eigenvalue weighted by Gasteiger charge is 2.14. The van der Waals surface area contributed by atoms with Gasteiger partial charge < -0.3 is 0 Å². The van der Waals surface area contributed by atoms with Crippen LogP contribution in [0.15, 0.2) is 194 Å². The number of rotatable bonds is 3. The zero-order valence-electron chi connectivity index (χ0n) is 28.5. The van der Waals surface area contributed by atoms with Gasteiger partial charge in [-0.25, -0.2) is 0 Å². The topological polar surface area (TPSA) is 0 Å². The van der Waals surface area contributed by atoms with E-state index in [4.69, 9.17) is 0 Å². The minimum atomic E-state index is 1.22. The van der Waals surface area contributed by atoms with E-state index in [2.05, 4.69) is 194 Å². The highest BCUT2D eigenvalue weighted by molar-refractivity contribution is 6.24. The Morgan fingerprint density at radius 2 is 0.577 bits per heavy atom. The Kier molecular flexibility index (Phi) is 6.35. The van der Waals surface area contributed by atoms with Crippen molar-refractivity contribution in [2.75, 3.05) is 0 Å². The highest BCUT2D eigenvalue weighted by atomic mass is 14.2. The average Bonchev–Trinajstić information content (AvgIpc) is 3.22. The Labute approximate surface area is 301 Å². The number of benzene rings is 11. The fourth-order valence-electron chi connectivity index (χ4n) is 8.67. The molecule has 0 aliphatic rings. The number of hydrogen-bond donors (Lipinski definition) is 0. The zero-order chi connectivity index (χ0) is 34.2. The van der Waals surface area contributed by atoms with Gasteiger partial charge in [-0.15, -0.1) is 0 Å². The molecule has 52 heavy (non-hydrogen) atoms. The molecular weight excluding hydrogens is 625 g/mol. The van der Waals surface area contributed by atoms with Gasteiger partial charge in [-0.2, -0.15) is 0 Å². The van der Waals surface area contributed by atoms with Crippen LogP contribution < -0.4 is 0 Å². The lowest BCUT2D eigenvalue weighted by Gasteiger charge is -2.14. The van der Waals surface area contributed by atoms with Crippen LogP contribution in [0, 0.1) is 0 Å². The summed E-state index contributed by atoms with van der Waals surface area (Å²) in [4.78, 5) is 0. The first kappa shape index (κ1) is 29.0. The summed E-state index contributed by atoms with van der Waals surface area (Å²) in [5.41, 5.74) is 7.45. The molecule has 0 heterocycles. The molecule has 0 aliphatic heterocycles. The molecule has 11 aromatic rings. The van der Waals surface area contributed by atoms with Crippen LogP contribution in [-0.4, -0.2) is 0 Å². The van der Waals surface area contributed by atoms with Crippen molar-refractivity contribution in [3.63, 3.8) is 0 Å². The van der Waals surface area contributed by atoms with E-state index in [1.165, 1.54) is 109 Å². The van der Waals surface area contributed by atoms with Crippen LogP contribution in [0.3, 0.4) is 0 Å². The highest BCUT2D eigenvalue weighted by Crippen LogP contribution is 2.41. The first-order chi connectivity index (χ1) is 25.8. The van der Waals surface area contributed by atoms with Gasteiger partial charge in [0.2, 0.25) is 0 Å². The smallest absolute Gasteiger partial charge is 0.00264 e. The van der Waals surface area contributed by atoms with Crippen LogP contribution in [0.5, 0.6) is 0 Å². The molecular formula is C52H32. The zero-order valence-corrected chi connectivity index (χ0v) is 28.5. The molecule has 0 amide bonds. The summed E-state index contributed by atoms with van der Waals surface area (Å²) in [6.45, 7) is 0. The van der Waals surface area contributed by atoms with Crippen molar-refractivity contribution < 1.29 is 0 Å². The van der Waals surface area contributed by atoms with Crippen LogP contribution in [0.4, 0.5) is 0 Å². The minimum absolute atomic E-state index is 1.22. The van der Waals surface area contributed by atoms with Gasteiger partial charge >= 0.3 is 0 Å². The van der Waals surface area contributed by atoms with E-state index < -0.39 is 0 Å². The third-order valence-corrected chi connectivity index (χ3v) is 11.2. The van der Waals surface area contributed by atoms with Crippen LogP contribution in [0.2, 0.25) is 0 Å². The van der Waals surface area contributed by atoms with Gasteiger partial charge in [-0.1, -0.05) is 170 Å². The lowest BCUT2D eigenvalue weighted by Crippen LogP contribution is -1.87. The van der Waals surface area contributed by atoms with E-state index in [-0.39, 0.29) is 0 Å². The van der Waals surface area contributed by atoms with Crippen molar-refractivity contribution in [3.05, 3.63) is 194 Å².